The van der Waals surface area contributed by atoms with Crippen molar-refractivity contribution in [2.75, 3.05) is 11.9 Å². The molecule has 2 N–H and O–H groups in total. The van der Waals surface area contributed by atoms with E-state index in [0.717, 1.165) is 16.8 Å². The molecule has 0 atom stereocenters. The highest BCUT2D eigenvalue weighted by Gasteiger charge is 2.15. The first kappa shape index (κ1) is 15.8. The van der Waals surface area contributed by atoms with E-state index in [0.29, 0.717) is 11.3 Å². The van der Waals surface area contributed by atoms with Crippen LogP contribution in [0.25, 0.3) is 11.0 Å². The van der Waals surface area contributed by atoms with Crippen molar-refractivity contribution in [3.05, 3.63) is 47.5 Å². The topological polar surface area (TPSA) is 89.2 Å². The molecular weight excluding hydrogens is 308 g/mol. The van der Waals surface area contributed by atoms with Crippen LogP contribution >= 0.6 is 0 Å². The number of nitrogens with one attached hydrogen (secondary N) is 2. The lowest BCUT2D eigenvalue weighted by Crippen LogP contribution is -2.32. The van der Waals surface area contributed by atoms with E-state index in [1.54, 1.807) is 23.9 Å². The van der Waals surface area contributed by atoms with Gasteiger partial charge >= 0.3 is 0 Å². The van der Waals surface area contributed by atoms with Gasteiger partial charge in [0, 0.05) is 12.4 Å². The molecule has 0 fully saturated rings. The van der Waals surface area contributed by atoms with Crippen LogP contribution in [0.4, 0.5) is 5.69 Å². The van der Waals surface area contributed by atoms with Gasteiger partial charge in [-0.3, -0.25) is 14.3 Å². The summed E-state index contributed by atoms with van der Waals surface area (Å²) in [5, 5.41) is 10.4. The molecule has 0 aliphatic carbocycles. The Kier molecular flexibility index (Phi) is 4.07. The minimum absolute atomic E-state index is 0.149. The Morgan fingerprint density at radius 3 is 2.67 bits per heavy atom. The van der Waals surface area contributed by atoms with E-state index in [1.807, 2.05) is 32.0 Å². The summed E-state index contributed by atoms with van der Waals surface area (Å²) in [5.41, 5.74) is 2.88. The predicted octanol–water partition coefficient (Wildman–Crippen LogP) is 2.15. The highest BCUT2D eigenvalue weighted by Crippen LogP contribution is 2.19. The van der Waals surface area contributed by atoms with Crippen LogP contribution < -0.4 is 10.6 Å². The molecule has 3 rings (SSSR count). The molecule has 0 radical (unpaired) electrons. The Bertz CT molecular complexity index is 890. The van der Waals surface area contributed by atoms with Crippen LogP contribution in [0.3, 0.4) is 0 Å². The number of amides is 2. The molecular formula is C17H18N4O3. The van der Waals surface area contributed by atoms with Crippen molar-refractivity contribution < 1.29 is 14.0 Å². The number of aromatic nitrogens is 2. The second-order valence-electron chi connectivity index (χ2n) is 5.55. The number of hydrogen-bond acceptors (Lipinski definition) is 4. The highest BCUT2D eigenvalue weighted by molar-refractivity contribution is 6.00. The van der Waals surface area contributed by atoms with Gasteiger partial charge in [-0.25, -0.2) is 0 Å². The maximum Gasteiger partial charge on any atom is 0.287 e. The Morgan fingerprint density at radius 2 is 2.00 bits per heavy atom. The number of nitrogens with zero attached hydrogens (tertiary/aromatic N) is 2. The Balaban J connectivity index is 1.62. The minimum Gasteiger partial charge on any atom is -0.451 e. The van der Waals surface area contributed by atoms with Crippen molar-refractivity contribution in [2.24, 2.45) is 7.05 Å². The molecule has 3 aromatic rings. The van der Waals surface area contributed by atoms with Gasteiger partial charge in [-0.1, -0.05) is 18.2 Å². The zero-order valence-electron chi connectivity index (χ0n) is 13.7. The standard InChI is InChI=1S/C17H18N4O3/c1-10-16(11(2)21(3)20-10)19-15(22)9-18-17(23)14-8-12-6-4-5-7-13(12)24-14/h4-8H,9H2,1-3H3,(H,18,23)(H,19,22). The number of furan rings is 1. The average molecular weight is 326 g/mol. The van der Waals surface area contributed by atoms with E-state index in [1.165, 1.54) is 0 Å². The van der Waals surface area contributed by atoms with Crippen molar-refractivity contribution in [1.82, 2.24) is 15.1 Å². The quantitative estimate of drug-likeness (QED) is 0.769. The van der Waals surface area contributed by atoms with E-state index in [-0.39, 0.29) is 18.2 Å². The molecule has 0 bridgehead atoms. The molecule has 0 aliphatic rings. The molecule has 2 aromatic heterocycles. The third kappa shape index (κ3) is 3.01. The second-order valence-corrected chi connectivity index (χ2v) is 5.55. The molecule has 24 heavy (non-hydrogen) atoms. The van der Waals surface area contributed by atoms with E-state index < -0.39 is 5.91 Å². The van der Waals surface area contributed by atoms with Crippen molar-refractivity contribution in [1.29, 1.82) is 0 Å². The Hall–Kier alpha value is -3.09. The summed E-state index contributed by atoms with van der Waals surface area (Å²) in [6.45, 7) is 3.53. The lowest BCUT2D eigenvalue weighted by molar-refractivity contribution is -0.115. The maximum atomic E-state index is 12.1. The number of fused-ring (bicyclic) bond motifs is 1. The first-order valence-corrected chi connectivity index (χ1v) is 7.52. The first-order chi connectivity index (χ1) is 11.5. The fourth-order valence-corrected chi connectivity index (χ4v) is 2.48. The SMILES string of the molecule is Cc1nn(C)c(C)c1NC(=O)CNC(=O)c1cc2ccccc2o1. The van der Waals surface area contributed by atoms with Gasteiger partial charge < -0.3 is 15.1 Å². The molecule has 2 heterocycles. The number of aryl methyl sites for hydroxylation is 2. The summed E-state index contributed by atoms with van der Waals surface area (Å²) in [6.07, 6.45) is 0. The van der Waals surface area contributed by atoms with E-state index >= 15 is 0 Å². The Labute approximate surface area is 138 Å². The molecule has 7 heteroatoms. The van der Waals surface area contributed by atoms with Crippen LogP contribution in [0.1, 0.15) is 21.9 Å². The lowest BCUT2D eigenvalue weighted by Gasteiger charge is -2.06. The summed E-state index contributed by atoms with van der Waals surface area (Å²) in [4.78, 5) is 24.1. The van der Waals surface area contributed by atoms with Gasteiger partial charge in [-0.2, -0.15) is 5.10 Å². The van der Waals surface area contributed by atoms with Gasteiger partial charge in [-0.15, -0.1) is 0 Å². The molecule has 7 nitrogen and oxygen atoms in total. The summed E-state index contributed by atoms with van der Waals surface area (Å²) in [7, 11) is 1.81. The van der Waals surface area contributed by atoms with Crippen molar-refractivity contribution in [3.8, 4) is 0 Å². The number of carbonyl (C=O) groups is 2. The zero-order valence-corrected chi connectivity index (χ0v) is 13.7. The van der Waals surface area contributed by atoms with Crippen LogP contribution in [-0.4, -0.2) is 28.1 Å². The van der Waals surface area contributed by atoms with Crippen LogP contribution in [-0.2, 0) is 11.8 Å². The summed E-state index contributed by atoms with van der Waals surface area (Å²) in [6, 6.07) is 8.99. The smallest absolute Gasteiger partial charge is 0.287 e. The van der Waals surface area contributed by atoms with E-state index in [2.05, 4.69) is 15.7 Å². The van der Waals surface area contributed by atoms with Crippen LogP contribution in [0.5, 0.6) is 0 Å². The molecule has 124 valence electrons. The number of para-hydroxylation sites is 1. The van der Waals surface area contributed by atoms with Gasteiger partial charge in [-0.05, 0) is 26.0 Å². The zero-order chi connectivity index (χ0) is 17.3. The molecule has 0 aliphatic heterocycles. The number of rotatable bonds is 4. The van der Waals surface area contributed by atoms with Crippen molar-refractivity contribution in [2.45, 2.75) is 13.8 Å². The van der Waals surface area contributed by atoms with Gasteiger partial charge in [0.05, 0.1) is 23.6 Å². The van der Waals surface area contributed by atoms with Gasteiger partial charge in [0.2, 0.25) is 5.91 Å². The third-order valence-corrected chi connectivity index (χ3v) is 3.83. The average Bonchev–Trinajstić information content (AvgIpc) is 3.09. The third-order valence-electron chi connectivity index (χ3n) is 3.83. The monoisotopic (exact) mass is 326 g/mol. The van der Waals surface area contributed by atoms with Crippen molar-refractivity contribution in [3.63, 3.8) is 0 Å². The van der Waals surface area contributed by atoms with Gasteiger partial charge in [0.15, 0.2) is 5.76 Å². The number of carbonyl (C=O) groups excluding carboxylic acids is 2. The van der Waals surface area contributed by atoms with Crippen LogP contribution in [0.2, 0.25) is 0 Å². The number of benzene rings is 1. The molecule has 0 saturated heterocycles. The highest BCUT2D eigenvalue weighted by atomic mass is 16.3. The van der Waals surface area contributed by atoms with Crippen LogP contribution in [0, 0.1) is 13.8 Å². The number of hydrogen-bond donors (Lipinski definition) is 2. The minimum atomic E-state index is -0.430. The normalized spacial score (nSPS) is 10.8. The predicted molar refractivity (Wildman–Crippen MR) is 89.9 cm³/mol. The van der Waals surface area contributed by atoms with E-state index in [9.17, 15) is 9.59 Å². The number of anilines is 1. The molecule has 0 saturated carbocycles. The fraction of sp³-hybridized carbons (Fsp3) is 0.235. The summed E-state index contributed by atoms with van der Waals surface area (Å²) in [5.74, 6) is -0.572. The summed E-state index contributed by atoms with van der Waals surface area (Å²) >= 11 is 0. The second kappa shape index (κ2) is 6.19. The largest absolute Gasteiger partial charge is 0.451 e. The molecule has 0 unspecified atom stereocenters. The van der Waals surface area contributed by atoms with E-state index in [4.69, 9.17) is 4.42 Å². The lowest BCUT2D eigenvalue weighted by atomic mass is 10.2. The Morgan fingerprint density at radius 1 is 1.25 bits per heavy atom. The fourth-order valence-electron chi connectivity index (χ4n) is 2.48. The maximum absolute atomic E-state index is 12.1. The van der Waals surface area contributed by atoms with Crippen molar-refractivity contribution >= 4 is 28.5 Å². The van der Waals surface area contributed by atoms with Gasteiger partial charge in [0.25, 0.3) is 5.91 Å². The summed E-state index contributed by atoms with van der Waals surface area (Å²) < 4.78 is 7.16. The molecule has 1 aromatic carbocycles. The first-order valence-electron chi connectivity index (χ1n) is 7.52. The van der Waals surface area contributed by atoms with Crippen LogP contribution in [0.15, 0.2) is 34.7 Å². The molecule has 0 spiro atoms. The molecule has 2 amide bonds. The van der Waals surface area contributed by atoms with Gasteiger partial charge in [0.1, 0.15) is 5.58 Å².